The second kappa shape index (κ2) is 7.59. The van der Waals surface area contributed by atoms with Crippen LogP contribution in [0.3, 0.4) is 0 Å². The fraction of sp³-hybridized carbons (Fsp3) is 0.750. The van der Waals surface area contributed by atoms with Gasteiger partial charge in [-0.15, -0.1) is 0 Å². The molecule has 0 aromatic rings. The van der Waals surface area contributed by atoms with Crippen LogP contribution in [0, 0.1) is 11.8 Å². The molecule has 5 nitrogen and oxygen atoms in total. The molecule has 2 unspecified atom stereocenters. The van der Waals surface area contributed by atoms with Crippen LogP contribution in [-0.2, 0) is 14.3 Å². The van der Waals surface area contributed by atoms with Gasteiger partial charge < -0.3 is 14.5 Å². The molecule has 0 saturated carbocycles. The summed E-state index contributed by atoms with van der Waals surface area (Å²) in [4.78, 5) is 29.1. The second-order valence-corrected chi connectivity index (χ2v) is 5.60. The Balaban J connectivity index is 2.09. The van der Waals surface area contributed by atoms with Crippen molar-refractivity contribution >= 4 is 11.8 Å². The van der Waals surface area contributed by atoms with Crippen molar-refractivity contribution < 1.29 is 14.3 Å². The fourth-order valence-corrected chi connectivity index (χ4v) is 3.15. The Morgan fingerprint density at radius 1 is 1.10 bits per heavy atom. The minimum absolute atomic E-state index is 0.119. The highest BCUT2D eigenvalue weighted by atomic mass is 16.5. The number of carbonyl (C=O) groups is 2. The lowest BCUT2D eigenvalue weighted by atomic mass is 9.81. The Bertz CT molecular complexity index is 398. The summed E-state index contributed by atoms with van der Waals surface area (Å²) in [7, 11) is 0. The first-order valence-electron chi connectivity index (χ1n) is 7.99. The van der Waals surface area contributed by atoms with Crippen LogP contribution in [0.5, 0.6) is 0 Å². The van der Waals surface area contributed by atoms with Crippen molar-refractivity contribution in [3.8, 4) is 0 Å². The molecule has 0 N–H and O–H groups in total. The lowest BCUT2D eigenvalue weighted by molar-refractivity contribution is -0.148. The topological polar surface area (TPSA) is 49.9 Å². The van der Waals surface area contributed by atoms with E-state index in [0.29, 0.717) is 52.2 Å². The highest BCUT2D eigenvalue weighted by Gasteiger charge is 2.38. The molecule has 1 fully saturated rings. The molecule has 118 valence electrons. The van der Waals surface area contributed by atoms with E-state index in [1.165, 1.54) is 0 Å². The Morgan fingerprint density at radius 3 is 2.24 bits per heavy atom. The predicted octanol–water partition coefficient (Wildman–Crippen LogP) is 1.30. The van der Waals surface area contributed by atoms with E-state index in [1.807, 2.05) is 35.8 Å². The van der Waals surface area contributed by atoms with Gasteiger partial charge in [-0.25, -0.2) is 0 Å². The molecule has 21 heavy (non-hydrogen) atoms. The van der Waals surface area contributed by atoms with Gasteiger partial charge in [0.15, 0.2) is 0 Å². The average Bonchev–Trinajstić information content (AvgIpc) is 2.56. The van der Waals surface area contributed by atoms with Crippen LogP contribution in [0.2, 0.25) is 0 Å². The van der Waals surface area contributed by atoms with Crippen LogP contribution >= 0.6 is 0 Å². The number of amides is 2. The molecule has 2 amide bonds. The second-order valence-electron chi connectivity index (χ2n) is 5.60. The van der Waals surface area contributed by atoms with E-state index >= 15 is 0 Å². The number of rotatable bonds is 4. The van der Waals surface area contributed by atoms with Crippen molar-refractivity contribution in [1.82, 2.24) is 9.80 Å². The van der Waals surface area contributed by atoms with Gasteiger partial charge in [-0.1, -0.05) is 12.2 Å². The minimum Gasteiger partial charge on any atom is -0.378 e. The van der Waals surface area contributed by atoms with Crippen LogP contribution in [-0.4, -0.2) is 61.0 Å². The standard InChI is InChI=1S/C16H26N2O3/c1-3-17(4-2)15(19)13-7-5-6-8-14(13)16(20)18-9-11-21-12-10-18/h5-6,13-14H,3-4,7-12H2,1-2H3. The van der Waals surface area contributed by atoms with Gasteiger partial charge in [0.1, 0.15) is 0 Å². The quantitative estimate of drug-likeness (QED) is 0.734. The Hall–Kier alpha value is -1.36. The molecule has 0 aromatic heterocycles. The molecule has 0 spiro atoms. The maximum atomic E-state index is 12.7. The van der Waals surface area contributed by atoms with Crippen LogP contribution in [0.15, 0.2) is 12.2 Å². The van der Waals surface area contributed by atoms with Gasteiger partial charge in [0, 0.05) is 26.2 Å². The first-order chi connectivity index (χ1) is 10.2. The van der Waals surface area contributed by atoms with E-state index in [1.54, 1.807) is 0 Å². The summed E-state index contributed by atoms with van der Waals surface area (Å²) in [6, 6.07) is 0. The lowest BCUT2D eigenvalue weighted by Gasteiger charge is -2.35. The number of ether oxygens (including phenoxy) is 1. The normalized spacial score (nSPS) is 25.7. The summed E-state index contributed by atoms with van der Waals surface area (Å²) in [5, 5.41) is 0. The molecule has 1 aliphatic carbocycles. The Kier molecular flexibility index (Phi) is 5.79. The van der Waals surface area contributed by atoms with Crippen LogP contribution in [0.4, 0.5) is 0 Å². The summed E-state index contributed by atoms with van der Waals surface area (Å²) in [5.41, 5.74) is 0. The van der Waals surface area contributed by atoms with Gasteiger partial charge in [0.25, 0.3) is 0 Å². The number of hydrogen-bond acceptors (Lipinski definition) is 3. The third-order valence-electron chi connectivity index (χ3n) is 4.46. The third kappa shape index (κ3) is 3.64. The average molecular weight is 294 g/mol. The summed E-state index contributed by atoms with van der Waals surface area (Å²) < 4.78 is 5.30. The summed E-state index contributed by atoms with van der Waals surface area (Å²) in [6.45, 7) is 7.86. The summed E-state index contributed by atoms with van der Waals surface area (Å²) in [5.74, 6) is -0.171. The molecule has 2 rings (SSSR count). The van der Waals surface area contributed by atoms with Crippen molar-refractivity contribution in [1.29, 1.82) is 0 Å². The van der Waals surface area contributed by atoms with Crippen molar-refractivity contribution in [2.45, 2.75) is 26.7 Å². The van der Waals surface area contributed by atoms with E-state index in [4.69, 9.17) is 4.74 Å². The molecular formula is C16H26N2O3. The Morgan fingerprint density at radius 2 is 1.67 bits per heavy atom. The molecule has 0 bridgehead atoms. The fourth-order valence-electron chi connectivity index (χ4n) is 3.15. The van der Waals surface area contributed by atoms with Crippen molar-refractivity contribution in [2.24, 2.45) is 11.8 Å². The smallest absolute Gasteiger partial charge is 0.226 e. The summed E-state index contributed by atoms with van der Waals surface area (Å²) >= 11 is 0. The SMILES string of the molecule is CCN(CC)C(=O)C1CC=CCC1C(=O)N1CCOCC1. The van der Waals surface area contributed by atoms with Crippen molar-refractivity contribution in [3.63, 3.8) is 0 Å². The maximum absolute atomic E-state index is 12.7. The predicted molar refractivity (Wildman–Crippen MR) is 80.7 cm³/mol. The monoisotopic (exact) mass is 294 g/mol. The first kappa shape index (κ1) is 16.0. The van der Waals surface area contributed by atoms with Gasteiger partial charge in [-0.2, -0.15) is 0 Å². The first-order valence-corrected chi connectivity index (χ1v) is 7.99. The number of morpholine rings is 1. The molecular weight excluding hydrogens is 268 g/mol. The zero-order valence-corrected chi connectivity index (χ0v) is 13.1. The molecule has 1 heterocycles. The number of allylic oxidation sites excluding steroid dienone is 2. The molecule has 0 aromatic carbocycles. The molecule has 1 saturated heterocycles. The zero-order valence-electron chi connectivity index (χ0n) is 13.1. The largest absolute Gasteiger partial charge is 0.378 e. The van der Waals surface area contributed by atoms with E-state index in [9.17, 15) is 9.59 Å². The number of nitrogens with zero attached hydrogens (tertiary/aromatic N) is 2. The van der Waals surface area contributed by atoms with E-state index in [0.717, 1.165) is 0 Å². The van der Waals surface area contributed by atoms with E-state index < -0.39 is 0 Å². The molecule has 1 aliphatic heterocycles. The van der Waals surface area contributed by atoms with Gasteiger partial charge in [0.2, 0.25) is 11.8 Å². The highest BCUT2D eigenvalue weighted by molar-refractivity contribution is 5.88. The third-order valence-corrected chi connectivity index (χ3v) is 4.46. The minimum atomic E-state index is -0.207. The highest BCUT2D eigenvalue weighted by Crippen LogP contribution is 2.29. The van der Waals surface area contributed by atoms with Crippen molar-refractivity contribution in [2.75, 3.05) is 39.4 Å². The van der Waals surface area contributed by atoms with Crippen LogP contribution in [0.1, 0.15) is 26.7 Å². The van der Waals surface area contributed by atoms with Crippen LogP contribution < -0.4 is 0 Å². The maximum Gasteiger partial charge on any atom is 0.226 e. The number of carbonyl (C=O) groups excluding carboxylic acids is 2. The van der Waals surface area contributed by atoms with Crippen LogP contribution in [0.25, 0.3) is 0 Å². The lowest BCUT2D eigenvalue weighted by Crippen LogP contribution is -2.49. The van der Waals surface area contributed by atoms with Gasteiger partial charge >= 0.3 is 0 Å². The van der Waals surface area contributed by atoms with Gasteiger partial charge in [-0.05, 0) is 26.7 Å². The van der Waals surface area contributed by atoms with E-state index in [-0.39, 0.29) is 23.7 Å². The Labute approximate surface area is 126 Å². The van der Waals surface area contributed by atoms with Gasteiger partial charge in [-0.3, -0.25) is 9.59 Å². The molecule has 2 atom stereocenters. The number of hydrogen-bond donors (Lipinski definition) is 0. The summed E-state index contributed by atoms with van der Waals surface area (Å²) in [6.07, 6.45) is 5.42. The zero-order chi connectivity index (χ0) is 15.2. The molecule has 0 radical (unpaired) electrons. The van der Waals surface area contributed by atoms with Gasteiger partial charge in [0.05, 0.1) is 25.0 Å². The molecule has 2 aliphatic rings. The van der Waals surface area contributed by atoms with E-state index in [2.05, 4.69) is 0 Å². The van der Waals surface area contributed by atoms with Crippen molar-refractivity contribution in [3.05, 3.63) is 12.2 Å². The molecule has 5 heteroatoms.